The summed E-state index contributed by atoms with van der Waals surface area (Å²) >= 11 is 0. The fourth-order valence-corrected chi connectivity index (χ4v) is 4.39. The van der Waals surface area contributed by atoms with Gasteiger partial charge in [-0.1, -0.05) is 6.08 Å². The standard InChI is InChI=1S/C13H29N3O3Si/c1-5-9-12(6-2)19-20(17-7-3,18-8-4)11-10-13(14,15)16/h5-6,9H,7-8,10-11,14-16H2,1-4H3. The molecule has 6 N–H and O–H groups in total. The van der Waals surface area contributed by atoms with E-state index in [4.69, 9.17) is 30.5 Å². The summed E-state index contributed by atoms with van der Waals surface area (Å²) in [7, 11) is -2.89. The van der Waals surface area contributed by atoms with Gasteiger partial charge in [0.15, 0.2) is 0 Å². The van der Waals surface area contributed by atoms with Crippen molar-refractivity contribution < 1.29 is 13.3 Å². The van der Waals surface area contributed by atoms with Gasteiger partial charge in [-0.2, -0.15) is 0 Å². The highest BCUT2D eigenvalue weighted by molar-refractivity contribution is 6.61. The van der Waals surface area contributed by atoms with E-state index in [1.165, 1.54) is 0 Å². The molecule has 20 heavy (non-hydrogen) atoms. The zero-order valence-electron chi connectivity index (χ0n) is 13.0. The van der Waals surface area contributed by atoms with E-state index in [1.807, 2.05) is 45.9 Å². The van der Waals surface area contributed by atoms with Crippen LogP contribution in [0.2, 0.25) is 6.04 Å². The Bertz CT molecular complexity index is 321. The zero-order valence-corrected chi connectivity index (χ0v) is 14.0. The highest BCUT2D eigenvalue weighted by atomic mass is 28.4. The first-order chi connectivity index (χ1) is 9.32. The monoisotopic (exact) mass is 303 g/mol. The Balaban J connectivity index is 5.08. The lowest BCUT2D eigenvalue weighted by molar-refractivity contribution is 0.0915. The summed E-state index contributed by atoms with van der Waals surface area (Å²) in [5.41, 5.74) is 16.9. The predicted molar refractivity (Wildman–Crippen MR) is 83.4 cm³/mol. The number of hydrogen-bond donors (Lipinski definition) is 3. The molecule has 0 saturated heterocycles. The maximum Gasteiger partial charge on any atom is 0.566 e. The first kappa shape index (κ1) is 19.3. The zero-order chi connectivity index (χ0) is 15.6. The minimum Gasteiger partial charge on any atom is -0.501 e. The third kappa shape index (κ3) is 7.78. The lowest BCUT2D eigenvalue weighted by atomic mass is 10.3. The summed E-state index contributed by atoms with van der Waals surface area (Å²) in [6.07, 6.45) is 5.97. The molecule has 0 aliphatic rings. The van der Waals surface area contributed by atoms with Crippen LogP contribution in [0, 0.1) is 0 Å². The van der Waals surface area contributed by atoms with Crippen LogP contribution in [0.15, 0.2) is 24.0 Å². The van der Waals surface area contributed by atoms with E-state index in [0.29, 0.717) is 31.4 Å². The molecule has 0 aliphatic heterocycles. The molecule has 0 bridgehead atoms. The molecule has 0 fully saturated rings. The summed E-state index contributed by atoms with van der Waals surface area (Å²) in [6.45, 7) is 8.59. The summed E-state index contributed by atoms with van der Waals surface area (Å²) in [5.74, 6) is -0.551. The van der Waals surface area contributed by atoms with Gasteiger partial charge < -0.3 is 30.5 Å². The molecule has 0 spiro atoms. The Kier molecular flexibility index (Phi) is 8.95. The smallest absolute Gasteiger partial charge is 0.501 e. The van der Waals surface area contributed by atoms with Gasteiger partial charge in [-0.05, 0) is 46.3 Å². The van der Waals surface area contributed by atoms with Gasteiger partial charge in [0.05, 0.1) is 0 Å². The van der Waals surface area contributed by atoms with Crippen LogP contribution in [0.25, 0.3) is 0 Å². The molecule has 0 aromatic heterocycles. The summed E-state index contributed by atoms with van der Waals surface area (Å²) in [5, 5.41) is 0. The molecule has 0 radical (unpaired) electrons. The van der Waals surface area contributed by atoms with Crippen molar-refractivity contribution in [2.75, 3.05) is 13.2 Å². The van der Waals surface area contributed by atoms with Gasteiger partial charge >= 0.3 is 8.80 Å². The Morgan fingerprint density at radius 1 is 1.10 bits per heavy atom. The molecule has 118 valence electrons. The average molecular weight is 303 g/mol. The molecule has 0 rings (SSSR count). The minimum absolute atomic E-state index is 0.353. The van der Waals surface area contributed by atoms with Gasteiger partial charge in [0.25, 0.3) is 0 Å². The van der Waals surface area contributed by atoms with E-state index in [2.05, 4.69) is 0 Å². The quantitative estimate of drug-likeness (QED) is 0.244. The van der Waals surface area contributed by atoms with Crippen LogP contribution in [-0.4, -0.2) is 27.8 Å². The molecule has 0 aromatic rings. The largest absolute Gasteiger partial charge is 0.566 e. The SMILES string of the molecule is CC=CC(=CC)O[Si](CCC(N)(N)N)(OCC)OCC. The summed E-state index contributed by atoms with van der Waals surface area (Å²) in [4.78, 5) is 0. The lowest BCUT2D eigenvalue weighted by Crippen LogP contribution is -2.59. The van der Waals surface area contributed by atoms with Crippen molar-refractivity contribution in [3.8, 4) is 0 Å². The molecule has 0 aromatic carbocycles. The van der Waals surface area contributed by atoms with E-state index >= 15 is 0 Å². The van der Waals surface area contributed by atoms with Crippen LogP contribution in [0.4, 0.5) is 0 Å². The normalized spacial score (nSPS) is 14.1. The number of allylic oxidation sites excluding steroid dienone is 3. The average Bonchev–Trinajstić information content (AvgIpc) is 2.36. The number of nitrogens with two attached hydrogens (primary N) is 3. The maximum atomic E-state index is 6.01. The molecular formula is C13H29N3O3Si. The second-order valence-corrected chi connectivity index (χ2v) is 7.10. The summed E-state index contributed by atoms with van der Waals surface area (Å²) < 4.78 is 17.6. The van der Waals surface area contributed by atoms with Crippen LogP contribution >= 0.6 is 0 Å². The highest BCUT2D eigenvalue weighted by Crippen LogP contribution is 2.23. The van der Waals surface area contributed by atoms with Crippen LogP contribution in [0.5, 0.6) is 0 Å². The van der Waals surface area contributed by atoms with Gasteiger partial charge in [-0.25, -0.2) is 0 Å². The Hall–Kier alpha value is -0.703. The van der Waals surface area contributed by atoms with Crippen molar-refractivity contribution in [1.82, 2.24) is 0 Å². The topological polar surface area (TPSA) is 106 Å². The number of hydrogen-bond acceptors (Lipinski definition) is 6. The molecule has 0 saturated carbocycles. The van der Waals surface area contributed by atoms with Gasteiger partial charge in [0.2, 0.25) is 0 Å². The molecule has 0 atom stereocenters. The van der Waals surface area contributed by atoms with Crippen molar-refractivity contribution >= 4 is 8.80 Å². The van der Waals surface area contributed by atoms with Crippen LogP contribution in [-0.2, 0) is 13.3 Å². The molecule has 6 nitrogen and oxygen atoms in total. The highest BCUT2D eigenvalue weighted by Gasteiger charge is 2.44. The molecule has 7 heteroatoms. The van der Waals surface area contributed by atoms with E-state index in [0.717, 1.165) is 0 Å². The summed E-state index contributed by atoms with van der Waals surface area (Å²) in [6, 6.07) is 0.465. The Labute approximate surface area is 123 Å². The Morgan fingerprint density at radius 2 is 1.65 bits per heavy atom. The molecule has 0 amide bonds. The van der Waals surface area contributed by atoms with Crippen LogP contribution in [0.3, 0.4) is 0 Å². The lowest BCUT2D eigenvalue weighted by Gasteiger charge is -2.31. The van der Waals surface area contributed by atoms with Crippen molar-refractivity contribution in [2.45, 2.75) is 45.9 Å². The van der Waals surface area contributed by atoms with Gasteiger partial charge in [0, 0.05) is 19.3 Å². The molecular weight excluding hydrogens is 274 g/mol. The van der Waals surface area contributed by atoms with Crippen molar-refractivity contribution in [2.24, 2.45) is 17.2 Å². The van der Waals surface area contributed by atoms with Crippen molar-refractivity contribution in [1.29, 1.82) is 0 Å². The second-order valence-electron chi connectivity index (χ2n) is 4.45. The second kappa shape index (κ2) is 9.27. The van der Waals surface area contributed by atoms with E-state index in [1.54, 1.807) is 0 Å². The molecule has 0 aliphatic carbocycles. The third-order valence-corrected chi connectivity index (χ3v) is 5.35. The molecule has 0 unspecified atom stereocenters. The molecule has 0 heterocycles. The fourth-order valence-electron chi connectivity index (χ4n) is 1.64. The van der Waals surface area contributed by atoms with Gasteiger partial charge in [-0.3, -0.25) is 0 Å². The first-order valence-corrected chi connectivity index (χ1v) is 8.88. The first-order valence-electron chi connectivity index (χ1n) is 6.95. The maximum absolute atomic E-state index is 6.01. The fraction of sp³-hybridized carbons (Fsp3) is 0.692. The van der Waals surface area contributed by atoms with E-state index in [-0.39, 0.29) is 0 Å². The number of rotatable bonds is 10. The van der Waals surface area contributed by atoms with E-state index < -0.39 is 14.6 Å². The van der Waals surface area contributed by atoms with Crippen LogP contribution < -0.4 is 17.2 Å². The van der Waals surface area contributed by atoms with Gasteiger partial charge in [-0.15, -0.1) is 0 Å². The van der Waals surface area contributed by atoms with E-state index in [9.17, 15) is 0 Å². The predicted octanol–water partition coefficient (Wildman–Crippen LogP) is 1.41. The Morgan fingerprint density at radius 3 is 2.00 bits per heavy atom. The van der Waals surface area contributed by atoms with Crippen molar-refractivity contribution in [3.63, 3.8) is 0 Å². The van der Waals surface area contributed by atoms with Crippen LogP contribution in [0.1, 0.15) is 34.1 Å². The minimum atomic E-state index is -2.89. The third-order valence-electron chi connectivity index (χ3n) is 2.48. The van der Waals surface area contributed by atoms with Gasteiger partial charge in [0.1, 0.15) is 11.5 Å². The van der Waals surface area contributed by atoms with Crippen molar-refractivity contribution in [3.05, 3.63) is 24.0 Å².